The van der Waals surface area contributed by atoms with E-state index in [1.807, 2.05) is 6.92 Å². The molecule has 0 fully saturated rings. The van der Waals surface area contributed by atoms with E-state index in [1.165, 1.54) is 0 Å². The molecule has 2 amide bonds. The molecule has 0 radical (unpaired) electrons. The molecule has 130 valence electrons. The van der Waals surface area contributed by atoms with Crippen LogP contribution in [-0.4, -0.2) is 16.8 Å². The minimum atomic E-state index is -0.299. The van der Waals surface area contributed by atoms with Crippen molar-refractivity contribution in [1.29, 1.82) is 0 Å². The van der Waals surface area contributed by atoms with Crippen molar-refractivity contribution in [2.75, 3.05) is 16.4 Å². The van der Waals surface area contributed by atoms with Crippen LogP contribution in [0.15, 0.2) is 66.9 Å². The average Bonchev–Trinajstić information content (AvgIpc) is 2.64. The number of aromatic nitrogens is 1. The highest BCUT2D eigenvalue weighted by atomic mass is 16.2. The molecule has 2 aromatic carbocycles. The van der Waals surface area contributed by atoms with Gasteiger partial charge in [0.15, 0.2) is 0 Å². The molecule has 0 saturated carbocycles. The normalized spacial score (nSPS) is 10.2. The quantitative estimate of drug-likeness (QED) is 0.630. The van der Waals surface area contributed by atoms with Gasteiger partial charge in [0.05, 0.1) is 0 Å². The molecule has 26 heavy (non-hydrogen) atoms. The highest BCUT2D eigenvalue weighted by Crippen LogP contribution is 2.19. The summed E-state index contributed by atoms with van der Waals surface area (Å²) < 4.78 is 0. The molecule has 6 heteroatoms. The molecule has 0 aliphatic rings. The van der Waals surface area contributed by atoms with E-state index in [9.17, 15) is 9.59 Å². The third-order valence-corrected chi connectivity index (χ3v) is 3.83. The first-order chi connectivity index (χ1) is 12.5. The van der Waals surface area contributed by atoms with Gasteiger partial charge in [-0.3, -0.25) is 9.59 Å². The van der Waals surface area contributed by atoms with Gasteiger partial charge in [-0.05, 0) is 61.0 Å². The summed E-state index contributed by atoms with van der Waals surface area (Å²) in [6, 6.07) is 17.0. The Hall–Kier alpha value is -3.67. The van der Waals surface area contributed by atoms with E-state index < -0.39 is 0 Å². The van der Waals surface area contributed by atoms with Crippen molar-refractivity contribution in [3.8, 4) is 0 Å². The first-order valence-corrected chi connectivity index (χ1v) is 8.03. The fraction of sp³-hybridized carbons (Fsp3) is 0.0500. The highest BCUT2D eigenvalue weighted by Gasteiger charge is 2.12. The van der Waals surface area contributed by atoms with Crippen LogP contribution < -0.4 is 16.4 Å². The maximum Gasteiger partial charge on any atom is 0.256 e. The molecule has 1 heterocycles. The Kier molecular flexibility index (Phi) is 4.94. The molecule has 0 saturated heterocycles. The zero-order chi connectivity index (χ0) is 18.5. The molecule has 0 aliphatic carbocycles. The molecule has 3 aromatic rings. The van der Waals surface area contributed by atoms with Crippen LogP contribution in [-0.2, 0) is 0 Å². The Morgan fingerprint density at radius 2 is 1.58 bits per heavy atom. The summed E-state index contributed by atoms with van der Waals surface area (Å²) in [4.78, 5) is 28.8. The number of aryl methyl sites for hydroxylation is 1. The third kappa shape index (κ3) is 4.05. The van der Waals surface area contributed by atoms with Gasteiger partial charge in [-0.1, -0.05) is 12.1 Å². The first kappa shape index (κ1) is 17.2. The van der Waals surface area contributed by atoms with Crippen molar-refractivity contribution in [3.63, 3.8) is 0 Å². The second kappa shape index (κ2) is 7.48. The van der Waals surface area contributed by atoms with Crippen molar-refractivity contribution in [3.05, 3.63) is 83.6 Å². The monoisotopic (exact) mass is 346 g/mol. The fourth-order valence-corrected chi connectivity index (χ4v) is 2.35. The van der Waals surface area contributed by atoms with Gasteiger partial charge in [-0.25, -0.2) is 4.98 Å². The number of carbonyl (C=O) groups excluding carboxylic acids is 2. The van der Waals surface area contributed by atoms with Gasteiger partial charge < -0.3 is 16.4 Å². The van der Waals surface area contributed by atoms with E-state index in [4.69, 9.17) is 5.73 Å². The lowest BCUT2D eigenvalue weighted by atomic mass is 10.1. The molecule has 3 rings (SSSR count). The van der Waals surface area contributed by atoms with Crippen molar-refractivity contribution in [2.45, 2.75) is 6.92 Å². The van der Waals surface area contributed by atoms with Crippen molar-refractivity contribution >= 4 is 29.0 Å². The van der Waals surface area contributed by atoms with Crippen molar-refractivity contribution < 1.29 is 9.59 Å². The zero-order valence-corrected chi connectivity index (χ0v) is 14.2. The van der Waals surface area contributed by atoms with E-state index in [1.54, 1.807) is 66.9 Å². The summed E-state index contributed by atoms with van der Waals surface area (Å²) >= 11 is 0. The number of carbonyl (C=O) groups is 2. The van der Waals surface area contributed by atoms with Crippen LogP contribution in [0, 0.1) is 6.92 Å². The van der Waals surface area contributed by atoms with Crippen LogP contribution in [0.2, 0.25) is 0 Å². The fourth-order valence-electron chi connectivity index (χ4n) is 2.35. The minimum absolute atomic E-state index is 0.268. The molecule has 0 bridgehead atoms. The lowest BCUT2D eigenvalue weighted by Gasteiger charge is -2.11. The molecule has 0 unspecified atom stereocenters. The van der Waals surface area contributed by atoms with Crippen molar-refractivity contribution in [2.24, 2.45) is 0 Å². The van der Waals surface area contributed by atoms with E-state index in [2.05, 4.69) is 15.6 Å². The Balaban J connectivity index is 1.78. The number of nitrogens with two attached hydrogens (primary N) is 1. The number of nitrogens with zero attached hydrogens (tertiary/aromatic N) is 1. The topological polar surface area (TPSA) is 97.1 Å². The van der Waals surface area contributed by atoms with E-state index >= 15 is 0 Å². The number of hydrogen-bond donors (Lipinski definition) is 3. The Morgan fingerprint density at radius 1 is 0.885 bits per heavy atom. The van der Waals surface area contributed by atoms with Crippen LogP contribution >= 0.6 is 0 Å². The van der Waals surface area contributed by atoms with Gasteiger partial charge in [0, 0.05) is 28.7 Å². The molecule has 0 spiro atoms. The highest BCUT2D eigenvalue weighted by molar-refractivity contribution is 6.07. The van der Waals surface area contributed by atoms with E-state index in [0.29, 0.717) is 28.3 Å². The van der Waals surface area contributed by atoms with Crippen LogP contribution in [0.3, 0.4) is 0 Å². The zero-order valence-electron chi connectivity index (χ0n) is 14.2. The Labute approximate surface area is 151 Å². The van der Waals surface area contributed by atoms with E-state index in [0.717, 1.165) is 5.56 Å². The molecule has 6 nitrogen and oxygen atoms in total. The van der Waals surface area contributed by atoms with Gasteiger partial charge in [0.25, 0.3) is 11.8 Å². The van der Waals surface area contributed by atoms with Gasteiger partial charge in [0.1, 0.15) is 5.82 Å². The van der Waals surface area contributed by atoms with Crippen molar-refractivity contribution in [1.82, 2.24) is 4.98 Å². The number of benzene rings is 2. The number of nitrogen functional groups attached to an aromatic ring is 1. The van der Waals surface area contributed by atoms with Gasteiger partial charge in [0.2, 0.25) is 0 Å². The van der Waals surface area contributed by atoms with Gasteiger partial charge in [-0.2, -0.15) is 0 Å². The number of rotatable bonds is 4. The first-order valence-electron chi connectivity index (χ1n) is 8.03. The summed E-state index contributed by atoms with van der Waals surface area (Å²) in [5.74, 6) is -0.104. The van der Waals surface area contributed by atoms with Crippen LogP contribution in [0.25, 0.3) is 0 Å². The Morgan fingerprint density at radius 3 is 2.27 bits per heavy atom. The maximum absolute atomic E-state index is 12.4. The Bertz CT molecular complexity index is 938. The number of anilines is 3. The largest absolute Gasteiger partial charge is 0.399 e. The summed E-state index contributed by atoms with van der Waals surface area (Å²) in [5.41, 5.74) is 8.56. The molecule has 0 atom stereocenters. The van der Waals surface area contributed by atoms with E-state index in [-0.39, 0.29) is 11.8 Å². The molecule has 1 aromatic heterocycles. The van der Waals surface area contributed by atoms with Crippen LogP contribution in [0.1, 0.15) is 26.3 Å². The lowest BCUT2D eigenvalue weighted by Crippen LogP contribution is -2.16. The molecular weight excluding hydrogens is 328 g/mol. The number of pyridine rings is 1. The van der Waals surface area contributed by atoms with Crippen LogP contribution in [0.4, 0.5) is 17.2 Å². The lowest BCUT2D eigenvalue weighted by molar-refractivity contribution is 0.101. The smallest absolute Gasteiger partial charge is 0.256 e. The van der Waals surface area contributed by atoms with Crippen LogP contribution in [0.5, 0.6) is 0 Å². The van der Waals surface area contributed by atoms with Gasteiger partial charge >= 0.3 is 0 Å². The summed E-state index contributed by atoms with van der Waals surface area (Å²) in [6.07, 6.45) is 1.60. The standard InChI is InChI=1S/C20H18N4O2/c1-13-5-6-15(20(26)24-18-4-2-3-11-22-18)12-17(13)23-19(25)14-7-9-16(21)10-8-14/h2-12H,21H2,1H3,(H,23,25)(H,22,24,26). The summed E-state index contributed by atoms with van der Waals surface area (Å²) in [5, 5.41) is 5.55. The second-order valence-electron chi connectivity index (χ2n) is 5.77. The number of amides is 2. The summed E-state index contributed by atoms with van der Waals surface area (Å²) in [7, 11) is 0. The number of hydrogen-bond acceptors (Lipinski definition) is 4. The predicted molar refractivity (Wildman–Crippen MR) is 102 cm³/mol. The molecular formula is C20H18N4O2. The average molecular weight is 346 g/mol. The summed E-state index contributed by atoms with van der Waals surface area (Å²) in [6.45, 7) is 1.86. The third-order valence-electron chi connectivity index (χ3n) is 3.83. The number of nitrogens with one attached hydrogen (secondary N) is 2. The second-order valence-corrected chi connectivity index (χ2v) is 5.77. The minimum Gasteiger partial charge on any atom is -0.399 e. The molecule has 0 aliphatic heterocycles. The molecule has 4 N–H and O–H groups in total. The van der Waals surface area contributed by atoms with Gasteiger partial charge in [-0.15, -0.1) is 0 Å². The maximum atomic E-state index is 12.4. The SMILES string of the molecule is Cc1ccc(C(=O)Nc2ccccn2)cc1NC(=O)c1ccc(N)cc1. The predicted octanol–water partition coefficient (Wildman–Crippen LogP) is 3.48.